The second kappa shape index (κ2) is 4.75. The molecule has 0 aliphatic carbocycles. The topological polar surface area (TPSA) is 63.8 Å². The Morgan fingerprint density at radius 2 is 2.06 bits per heavy atom. The second-order valence-electron chi connectivity index (χ2n) is 3.83. The third kappa shape index (κ3) is 2.97. The van der Waals surface area contributed by atoms with Crippen molar-refractivity contribution in [2.45, 2.75) is 24.8 Å². The first-order chi connectivity index (χ1) is 8.04. The third-order valence-electron chi connectivity index (χ3n) is 2.33. The summed E-state index contributed by atoms with van der Waals surface area (Å²) in [4.78, 5) is 12.6. The number of imidazole rings is 1. The van der Waals surface area contributed by atoms with Gasteiger partial charge in [-0.1, -0.05) is 11.8 Å². The van der Waals surface area contributed by atoms with Crippen molar-refractivity contribution in [1.29, 1.82) is 0 Å². The van der Waals surface area contributed by atoms with E-state index < -0.39 is 0 Å². The number of hydrogen-bond acceptors (Lipinski definition) is 5. The zero-order chi connectivity index (χ0) is 12.4. The molecule has 0 aliphatic rings. The second-order valence-corrected chi connectivity index (χ2v) is 4.77. The van der Waals surface area contributed by atoms with Gasteiger partial charge in [0.25, 0.3) is 0 Å². The molecular weight excluding hydrogens is 236 g/mol. The highest BCUT2D eigenvalue weighted by Crippen LogP contribution is 2.20. The predicted molar refractivity (Wildman–Crippen MR) is 65.9 cm³/mol. The minimum absolute atomic E-state index is 0.0113. The van der Waals surface area contributed by atoms with Gasteiger partial charge in [-0.25, -0.2) is 9.97 Å². The van der Waals surface area contributed by atoms with Gasteiger partial charge in [0.1, 0.15) is 5.82 Å². The number of nitrogens with zero attached hydrogens (tertiary/aromatic N) is 4. The van der Waals surface area contributed by atoms with Crippen molar-refractivity contribution in [2.24, 2.45) is 7.05 Å². The lowest BCUT2D eigenvalue weighted by atomic mass is 10.4. The van der Waals surface area contributed by atoms with E-state index in [9.17, 15) is 5.11 Å². The largest absolute Gasteiger partial charge is 0.493 e. The summed E-state index contributed by atoms with van der Waals surface area (Å²) in [5.41, 5.74) is 1.75. The van der Waals surface area contributed by atoms with E-state index >= 15 is 0 Å². The van der Waals surface area contributed by atoms with Crippen LogP contribution < -0.4 is 0 Å². The van der Waals surface area contributed by atoms with E-state index in [1.54, 1.807) is 0 Å². The SMILES string of the molecule is Cc1cc(O)nc(SCc2cn(C)c(C)n2)n1. The summed E-state index contributed by atoms with van der Waals surface area (Å²) in [5.74, 6) is 1.69. The van der Waals surface area contributed by atoms with E-state index in [-0.39, 0.29) is 5.88 Å². The van der Waals surface area contributed by atoms with Crippen LogP contribution in [-0.4, -0.2) is 24.6 Å². The predicted octanol–water partition coefficient (Wildman–Crippen LogP) is 1.82. The van der Waals surface area contributed by atoms with E-state index in [0.717, 1.165) is 17.2 Å². The standard InChI is InChI=1S/C11H14N4OS/c1-7-4-10(16)14-11(12-7)17-6-9-5-15(3)8(2)13-9/h4-5H,6H2,1-3H3,(H,12,14,16). The van der Waals surface area contributed by atoms with Crippen molar-refractivity contribution in [1.82, 2.24) is 19.5 Å². The number of rotatable bonds is 3. The van der Waals surface area contributed by atoms with Crippen LogP contribution in [0.1, 0.15) is 17.2 Å². The summed E-state index contributed by atoms with van der Waals surface area (Å²) >= 11 is 1.47. The molecule has 0 fully saturated rings. The van der Waals surface area contributed by atoms with Gasteiger partial charge in [-0.15, -0.1) is 0 Å². The van der Waals surface area contributed by atoms with Crippen LogP contribution in [0, 0.1) is 13.8 Å². The first-order valence-corrected chi connectivity index (χ1v) is 6.19. The molecule has 2 aromatic heterocycles. The zero-order valence-corrected chi connectivity index (χ0v) is 10.8. The molecule has 0 aliphatic heterocycles. The first-order valence-electron chi connectivity index (χ1n) is 5.21. The Bertz CT molecular complexity index is 499. The number of aromatic nitrogens is 4. The monoisotopic (exact) mass is 250 g/mol. The lowest BCUT2D eigenvalue weighted by molar-refractivity contribution is 0.444. The first kappa shape index (κ1) is 11.9. The van der Waals surface area contributed by atoms with E-state index in [0.29, 0.717) is 10.9 Å². The number of aromatic hydroxyl groups is 1. The van der Waals surface area contributed by atoms with Crippen LogP contribution in [0.25, 0.3) is 0 Å². The normalized spacial score (nSPS) is 10.8. The molecule has 17 heavy (non-hydrogen) atoms. The summed E-state index contributed by atoms with van der Waals surface area (Å²) < 4.78 is 1.98. The molecule has 90 valence electrons. The van der Waals surface area contributed by atoms with Crippen molar-refractivity contribution < 1.29 is 5.11 Å². The Morgan fingerprint density at radius 3 is 2.65 bits per heavy atom. The maximum Gasteiger partial charge on any atom is 0.215 e. The fourth-order valence-corrected chi connectivity index (χ4v) is 2.21. The molecule has 0 saturated carbocycles. The smallest absolute Gasteiger partial charge is 0.215 e. The Morgan fingerprint density at radius 1 is 1.29 bits per heavy atom. The van der Waals surface area contributed by atoms with Gasteiger partial charge >= 0.3 is 0 Å². The Labute approximate surface area is 104 Å². The zero-order valence-electron chi connectivity index (χ0n) is 10.0. The minimum Gasteiger partial charge on any atom is -0.493 e. The van der Waals surface area contributed by atoms with Gasteiger partial charge in [0.15, 0.2) is 5.16 Å². The molecule has 2 aromatic rings. The van der Waals surface area contributed by atoms with E-state index in [4.69, 9.17) is 0 Å². The van der Waals surface area contributed by atoms with Crippen molar-refractivity contribution in [3.63, 3.8) is 0 Å². The van der Waals surface area contributed by atoms with Crippen LogP contribution in [0.4, 0.5) is 0 Å². The summed E-state index contributed by atoms with van der Waals surface area (Å²) in [6.07, 6.45) is 1.98. The average Bonchev–Trinajstić information content (AvgIpc) is 2.54. The van der Waals surface area contributed by atoms with Gasteiger partial charge in [-0.05, 0) is 13.8 Å². The van der Waals surface area contributed by atoms with Gasteiger partial charge in [0.05, 0.1) is 5.69 Å². The quantitative estimate of drug-likeness (QED) is 0.665. The number of thioether (sulfide) groups is 1. The van der Waals surface area contributed by atoms with E-state index in [2.05, 4.69) is 15.0 Å². The fraction of sp³-hybridized carbons (Fsp3) is 0.364. The number of hydrogen-bond donors (Lipinski definition) is 1. The summed E-state index contributed by atoms with van der Waals surface area (Å²) in [7, 11) is 1.96. The highest BCUT2D eigenvalue weighted by Gasteiger charge is 2.05. The molecule has 0 atom stereocenters. The van der Waals surface area contributed by atoms with Gasteiger partial charge in [-0.2, -0.15) is 4.98 Å². The van der Waals surface area contributed by atoms with Crippen LogP contribution in [0.15, 0.2) is 17.4 Å². The molecule has 0 amide bonds. The van der Waals surface area contributed by atoms with Gasteiger partial charge in [-0.3, -0.25) is 0 Å². The third-order valence-corrected chi connectivity index (χ3v) is 3.21. The molecule has 6 heteroatoms. The van der Waals surface area contributed by atoms with Crippen molar-refractivity contribution in [2.75, 3.05) is 0 Å². The number of aryl methyl sites for hydroxylation is 3. The molecule has 0 saturated heterocycles. The molecule has 2 heterocycles. The molecule has 2 rings (SSSR count). The van der Waals surface area contributed by atoms with Crippen LogP contribution in [0.3, 0.4) is 0 Å². The molecular formula is C11H14N4OS. The maximum absolute atomic E-state index is 9.36. The molecule has 0 unspecified atom stereocenters. The summed E-state index contributed by atoms with van der Waals surface area (Å²) in [6.45, 7) is 3.79. The molecule has 0 aromatic carbocycles. The van der Waals surface area contributed by atoms with Crippen LogP contribution in [-0.2, 0) is 12.8 Å². The van der Waals surface area contributed by atoms with Crippen molar-refractivity contribution >= 4 is 11.8 Å². The minimum atomic E-state index is 0.0113. The lowest BCUT2D eigenvalue weighted by Crippen LogP contribution is -1.90. The molecule has 1 N–H and O–H groups in total. The Balaban J connectivity index is 2.07. The Hall–Kier alpha value is -1.56. The summed E-state index contributed by atoms with van der Waals surface area (Å²) in [6, 6.07) is 1.54. The highest BCUT2D eigenvalue weighted by atomic mass is 32.2. The van der Waals surface area contributed by atoms with Gasteiger partial charge in [0.2, 0.25) is 5.88 Å². The van der Waals surface area contributed by atoms with Crippen LogP contribution in [0.2, 0.25) is 0 Å². The van der Waals surface area contributed by atoms with Crippen LogP contribution >= 0.6 is 11.8 Å². The molecule has 0 bridgehead atoms. The maximum atomic E-state index is 9.36. The average molecular weight is 250 g/mol. The van der Waals surface area contributed by atoms with E-state index in [1.807, 2.05) is 31.7 Å². The van der Waals surface area contributed by atoms with Gasteiger partial charge < -0.3 is 9.67 Å². The van der Waals surface area contributed by atoms with Gasteiger partial charge in [0, 0.05) is 30.8 Å². The fourth-order valence-electron chi connectivity index (χ4n) is 1.43. The van der Waals surface area contributed by atoms with Crippen LogP contribution in [0.5, 0.6) is 5.88 Å². The highest BCUT2D eigenvalue weighted by molar-refractivity contribution is 7.98. The van der Waals surface area contributed by atoms with E-state index in [1.165, 1.54) is 17.8 Å². The summed E-state index contributed by atoms with van der Waals surface area (Å²) in [5, 5.41) is 9.93. The molecule has 5 nitrogen and oxygen atoms in total. The lowest BCUT2D eigenvalue weighted by Gasteiger charge is -2.00. The Kier molecular flexibility index (Phi) is 3.33. The molecule has 0 radical (unpaired) electrons. The molecule has 0 spiro atoms. The van der Waals surface area contributed by atoms with Crippen molar-refractivity contribution in [3.8, 4) is 5.88 Å². The van der Waals surface area contributed by atoms with Crippen molar-refractivity contribution in [3.05, 3.63) is 29.5 Å².